The minimum absolute atomic E-state index is 1.09. The third kappa shape index (κ3) is 7.47. The molecule has 0 aliphatic rings. The molecule has 0 unspecified atom stereocenters. The van der Waals surface area contributed by atoms with E-state index in [0.29, 0.717) is 0 Å². The summed E-state index contributed by atoms with van der Waals surface area (Å²) >= 11 is 0. The van der Waals surface area contributed by atoms with Gasteiger partial charge in [-0.3, -0.25) is 0 Å². The van der Waals surface area contributed by atoms with Gasteiger partial charge in [-0.05, 0) is 131 Å². The van der Waals surface area contributed by atoms with Crippen molar-refractivity contribution < 1.29 is 0 Å². The average Bonchev–Trinajstić information content (AvgIpc) is 3.37. The fourth-order valence-electron chi connectivity index (χ4n) is 9.07. The van der Waals surface area contributed by atoms with Gasteiger partial charge in [-0.25, -0.2) is 0 Å². The SMILES string of the molecule is c1ccc(-c2ccc(-c3ccc(N(c4ccc(-c5ccc(-c6ccccc6)cc5)cc4)c4ccc(-c5c6ccccc6cc6ccccc56)c(-c5ccccc5)c4)cc3)cc2)cc1. The molecule has 0 spiro atoms. The summed E-state index contributed by atoms with van der Waals surface area (Å²) in [4.78, 5) is 2.39. The van der Waals surface area contributed by atoms with Gasteiger partial charge >= 0.3 is 0 Å². The van der Waals surface area contributed by atoms with Gasteiger partial charge < -0.3 is 4.90 Å². The van der Waals surface area contributed by atoms with Crippen molar-refractivity contribution in [2.75, 3.05) is 4.90 Å². The summed E-state index contributed by atoms with van der Waals surface area (Å²) in [6, 6.07) is 94.6. The van der Waals surface area contributed by atoms with Crippen LogP contribution in [-0.2, 0) is 0 Å². The molecule has 0 atom stereocenters. The van der Waals surface area contributed by atoms with Crippen LogP contribution in [0.2, 0.25) is 0 Å². The molecule has 0 saturated heterocycles. The number of benzene rings is 11. The van der Waals surface area contributed by atoms with Crippen molar-refractivity contribution in [2.24, 2.45) is 0 Å². The quantitative estimate of drug-likeness (QED) is 0.131. The summed E-state index contributed by atoms with van der Waals surface area (Å²) in [7, 11) is 0. The Bertz CT molecular complexity index is 3140. The highest BCUT2D eigenvalue weighted by molar-refractivity contribution is 6.15. The fraction of sp³-hybridized carbons (Fsp3) is 0. The molecular formula is C62H43N. The maximum absolute atomic E-state index is 2.39. The van der Waals surface area contributed by atoms with Gasteiger partial charge in [0.15, 0.2) is 0 Å². The fourth-order valence-corrected chi connectivity index (χ4v) is 9.07. The highest BCUT2D eigenvalue weighted by Crippen LogP contribution is 2.45. The first-order chi connectivity index (χ1) is 31.2. The van der Waals surface area contributed by atoms with E-state index in [1.807, 2.05) is 0 Å². The number of rotatable bonds is 9. The highest BCUT2D eigenvalue weighted by Gasteiger charge is 2.19. The minimum atomic E-state index is 1.09. The van der Waals surface area contributed by atoms with Crippen molar-refractivity contribution in [1.29, 1.82) is 0 Å². The zero-order valence-electron chi connectivity index (χ0n) is 34.8. The first-order valence-corrected chi connectivity index (χ1v) is 21.7. The Balaban J connectivity index is 1.03. The Morgan fingerprint density at radius 1 is 0.206 bits per heavy atom. The maximum atomic E-state index is 2.39. The molecule has 0 saturated carbocycles. The number of fused-ring (bicyclic) bond motifs is 2. The second-order valence-electron chi connectivity index (χ2n) is 16.1. The molecular weight excluding hydrogens is 759 g/mol. The molecule has 0 bridgehead atoms. The zero-order chi connectivity index (χ0) is 42.0. The molecule has 0 aliphatic heterocycles. The summed E-state index contributed by atoms with van der Waals surface area (Å²) in [5.41, 5.74) is 17.7. The first-order valence-electron chi connectivity index (χ1n) is 21.7. The number of hydrogen-bond acceptors (Lipinski definition) is 1. The largest absolute Gasteiger partial charge is 0.310 e. The zero-order valence-corrected chi connectivity index (χ0v) is 34.8. The first kappa shape index (κ1) is 37.7. The summed E-state index contributed by atoms with van der Waals surface area (Å²) in [5.74, 6) is 0. The van der Waals surface area contributed by atoms with Gasteiger partial charge in [-0.2, -0.15) is 0 Å². The summed E-state index contributed by atoms with van der Waals surface area (Å²) in [5, 5.41) is 4.97. The Hall–Kier alpha value is -8.26. The highest BCUT2D eigenvalue weighted by atomic mass is 15.1. The lowest BCUT2D eigenvalue weighted by molar-refractivity contribution is 1.28. The summed E-state index contributed by atoms with van der Waals surface area (Å²) in [6.45, 7) is 0. The van der Waals surface area contributed by atoms with Crippen LogP contribution in [0, 0.1) is 0 Å². The van der Waals surface area contributed by atoms with Crippen LogP contribution in [0.1, 0.15) is 0 Å². The Morgan fingerprint density at radius 3 is 0.937 bits per heavy atom. The van der Waals surface area contributed by atoms with E-state index in [1.54, 1.807) is 0 Å². The number of anilines is 3. The van der Waals surface area contributed by atoms with Crippen molar-refractivity contribution in [3.05, 3.63) is 261 Å². The lowest BCUT2D eigenvalue weighted by Gasteiger charge is -2.27. The van der Waals surface area contributed by atoms with E-state index < -0.39 is 0 Å². The molecule has 63 heavy (non-hydrogen) atoms. The van der Waals surface area contributed by atoms with Crippen LogP contribution in [-0.4, -0.2) is 0 Å². The Morgan fingerprint density at radius 2 is 0.524 bits per heavy atom. The predicted octanol–water partition coefficient (Wildman–Crippen LogP) is 17.5. The molecule has 0 aliphatic carbocycles. The van der Waals surface area contributed by atoms with Crippen LogP contribution in [0.5, 0.6) is 0 Å². The van der Waals surface area contributed by atoms with E-state index in [0.717, 1.165) is 17.1 Å². The van der Waals surface area contributed by atoms with Gasteiger partial charge in [0, 0.05) is 17.1 Å². The number of nitrogens with zero attached hydrogens (tertiary/aromatic N) is 1. The van der Waals surface area contributed by atoms with Gasteiger partial charge in [0.2, 0.25) is 0 Å². The van der Waals surface area contributed by atoms with Crippen molar-refractivity contribution in [2.45, 2.75) is 0 Å². The molecule has 296 valence electrons. The Labute approximate surface area is 369 Å². The van der Waals surface area contributed by atoms with E-state index in [1.165, 1.54) is 88.3 Å². The van der Waals surface area contributed by atoms with Crippen molar-refractivity contribution in [1.82, 2.24) is 0 Å². The molecule has 11 aromatic carbocycles. The second kappa shape index (κ2) is 16.7. The molecule has 0 fully saturated rings. The number of hydrogen-bond donors (Lipinski definition) is 0. The van der Waals surface area contributed by atoms with Gasteiger partial charge in [0.1, 0.15) is 0 Å². The molecule has 0 amide bonds. The maximum Gasteiger partial charge on any atom is 0.0468 e. The topological polar surface area (TPSA) is 3.24 Å². The van der Waals surface area contributed by atoms with E-state index in [9.17, 15) is 0 Å². The molecule has 1 nitrogen and oxygen atoms in total. The average molecular weight is 802 g/mol. The third-order valence-electron chi connectivity index (χ3n) is 12.3. The second-order valence-corrected chi connectivity index (χ2v) is 16.1. The van der Waals surface area contributed by atoms with Gasteiger partial charge in [0.25, 0.3) is 0 Å². The molecule has 1 heteroatoms. The van der Waals surface area contributed by atoms with Crippen LogP contribution < -0.4 is 4.90 Å². The van der Waals surface area contributed by atoms with Crippen LogP contribution >= 0.6 is 0 Å². The monoisotopic (exact) mass is 801 g/mol. The van der Waals surface area contributed by atoms with E-state index in [2.05, 4.69) is 266 Å². The molecule has 11 aromatic rings. The van der Waals surface area contributed by atoms with Crippen molar-refractivity contribution in [3.8, 4) is 66.8 Å². The predicted molar refractivity (Wildman–Crippen MR) is 269 cm³/mol. The standard InChI is InChI=1S/C62H43N/c1-4-14-44(15-5-1)46-24-28-48(29-25-46)50-32-36-55(37-33-50)63(56-38-34-51(35-39-56)49-30-26-47(27-31-49)45-16-6-2-7-17-45)57-40-41-60(61(43-57)52-18-8-3-9-19-52)62-58-22-12-10-20-53(58)42-54-21-11-13-23-59(54)62/h1-43H. The molecule has 0 N–H and O–H groups in total. The van der Waals surface area contributed by atoms with Gasteiger partial charge in [-0.1, -0.05) is 218 Å². The van der Waals surface area contributed by atoms with E-state index in [-0.39, 0.29) is 0 Å². The van der Waals surface area contributed by atoms with Crippen molar-refractivity contribution >= 4 is 38.6 Å². The molecule has 0 radical (unpaired) electrons. The summed E-state index contributed by atoms with van der Waals surface area (Å²) in [6.07, 6.45) is 0. The van der Waals surface area contributed by atoms with Gasteiger partial charge in [0.05, 0.1) is 0 Å². The van der Waals surface area contributed by atoms with Crippen LogP contribution in [0.25, 0.3) is 88.3 Å². The van der Waals surface area contributed by atoms with Crippen LogP contribution in [0.15, 0.2) is 261 Å². The van der Waals surface area contributed by atoms with Crippen molar-refractivity contribution in [3.63, 3.8) is 0 Å². The molecule has 11 rings (SSSR count). The third-order valence-corrected chi connectivity index (χ3v) is 12.3. The van der Waals surface area contributed by atoms with E-state index >= 15 is 0 Å². The Kier molecular flexibility index (Phi) is 9.97. The minimum Gasteiger partial charge on any atom is -0.310 e. The van der Waals surface area contributed by atoms with Crippen LogP contribution in [0.3, 0.4) is 0 Å². The van der Waals surface area contributed by atoms with Crippen LogP contribution in [0.4, 0.5) is 17.1 Å². The normalized spacial score (nSPS) is 11.2. The lowest BCUT2D eigenvalue weighted by atomic mass is 9.87. The van der Waals surface area contributed by atoms with E-state index in [4.69, 9.17) is 0 Å². The molecule has 0 heterocycles. The molecule has 0 aromatic heterocycles. The lowest BCUT2D eigenvalue weighted by Crippen LogP contribution is -2.10. The summed E-state index contributed by atoms with van der Waals surface area (Å²) < 4.78 is 0. The van der Waals surface area contributed by atoms with Gasteiger partial charge in [-0.15, -0.1) is 0 Å². The smallest absolute Gasteiger partial charge is 0.0468 e.